The average molecular weight is 224 g/mol. The summed E-state index contributed by atoms with van der Waals surface area (Å²) >= 11 is 0. The second-order valence-electron chi connectivity index (χ2n) is 6.17. The molecule has 1 N–H and O–H groups in total. The van der Waals surface area contributed by atoms with E-state index in [1.54, 1.807) is 0 Å². The first-order valence-electron chi connectivity index (χ1n) is 7.20. The molecule has 1 aliphatic heterocycles. The van der Waals surface area contributed by atoms with Crippen LogP contribution in [0, 0.1) is 11.8 Å². The topological polar surface area (TPSA) is 15.3 Å². The summed E-state index contributed by atoms with van der Waals surface area (Å²) in [5.41, 5.74) is 0. The van der Waals surface area contributed by atoms with E-state index in [9.17, 15) is 0 Å². The van der Waals surface area contributed by atoms with Crippen LogP contribution in [0.2, 0.25) is 0 Å². The van der Waals surface area contributed by atoms with E-state index in [2.05, 4.69) is 24.1 Å². The standard InChI is InChI=1S/C14H28N2/c1-12(2)7-9-16-8-3-4-13(11-16)10-15-14-5-6-14/h12-15H,3-11H2,1-2H3. The minimum Gasteiger partial charge on any atom is -0.314 e. The Balaban J connectivity index is 1.62. The Bertz CT molecular complexity index is 187. The third kappa shape index (κ3) is 4.42. The average Bonchev–Trinajstić information content (AvgIpc) is 3.08. The van der Waals surface area contributed by atoms with Crippen LogP contribution in [-0.2, 0) is 0 Å². The first-order valence-corrected chi connectivity index (χ1v) is 7.20. The van der Waals surface area contributed by atoms with Gasteiger partial charge >= 0.3 is 0 Å². The molecule has 1 heterocycles. The summed E-state index contributed by atoms with van der Waals surface area (Å²) in [6, 6.07) is 0.881. The van der Waals surface area contributed by atoms with Gasteiger partial charge in [-0.15, -0.1) is 0 Å². The van der Waals surface area contributed by atoms with Crippen LogP contribution in [-0.4, -0.2) is 37.1 Å². The fourth-order valence-electron chi connectivity index (χ4n) is 2.58. The second kappa shape index (κ2) is 6.02. The van der Waals surface area contributed by atoms with E-state index in [0.29, 0.717) is 0 Å². The molecule has 1 aliphatic carbocycles. The lowest BCUT2D eigenvalue weighted by molar-refractivity contribution is 0.165. The van der Waals surface area contributed by atoms with Crippen LogP contribution in [0.1, 0.15) is 46.0 Å². The predicted octanol–water partition coefficient (Wildman–Crippen LogP) is 2.50. The second-order valence-corrected chi connectivity index (χ2v) is 6.17. The number of hydrogen-bond acceptors (Lipinski definition) is 2. The molecule has 2 rings (SSSR count). The summed E-state index contributed by atoms with van der Waals surface area (Å²) < 4.78 is 0. The lowest BCUT2D eigenvalue weighted by atomic mass is 9.97. The van der Waals surface area contributed by atoms with Gasteiger partial charge in [-0.25, -0.2) is 0 Å². The largest absolute Gasteiger partial charge is 0.314 e. The Morgan fingerprint density at radius 1 is 1.25 bits per heavy atom. The van der Waals surface area contributed by atoms with Crippen molar-refractivity contribution in [2.75, 3.05) is 26.2 Å². The van der Waals surface area contributed by atoms with Crippen molar-refractivity contribution in [3.8, 4) is 0 Å². The molecule has 2 aliphatic rings. The summed E-state index contributed by atoms with van der Waals surface area (Å²) in [5.74, 6) is 1.77. The molecule has 0 aromatic rings. The zero-order valence-corrected chi connectivity index (χ0v) is 11.0. The molecule has 2 nitrogen and oxygen atoms in total. The van der Waals surface area contributed by atoms with Crippen molar-refractivity contribution in [2.24, 2.45) is 11.8 Å². The van der Waals surface area contributed by atoms with Crippen LogP contribution in [0.5, 0.6) is 0 Å². The summed E-state index contributed by atoms with van der Waals surface area (Å²) in [5, 5.41) is 3.69. The van der Waals surface area contributed by atoms with Gasteiger partial charge in [-0.2, -0.15) is 0 Å². The Morgan fingerprint density at radius 3 is 2.75 bits per heavy atom. The zero-order valence-electron chi connectivity index (χ0n) is 11.0. The van der Waals surface area contributed by atoms with Gasteiger partial charge in [0.2, 0.25) is 0 Å². The maximum absolute atomic E-state index is 3.69. The van der Waals surface area contributed by atoms with Crippen LogP contribution in [0.15, 0.2) is 0 Å². The van der Waals surface area contributed by atoms with Crippen LogP contribution in [0.25, 0.3) is 0 Å². The summed E-state index contributed by atoms with van der Waals surface area (Å²) in [4.78, 5) is 2.68. The molecule has 0 spiro atoms. The third-order valence-corrected chi connectivity index (χ3v) is 3.90. The SMILES string of the molecule is CC(C)CCN1CCCC(CNC2CC2)C1. The summed E-state index contributed by atoms with van der Waals surface area (Å²) in [7, 11) is 0. The zero-order chi connectivity index (χ0) is 11.4. The van der Waals surface area contributed by atoms with Gasteiger partial charge in [0, 0.05) is 12.6 Å². The molecule has 2 fully saturated rings. The molecule has 0 aromatic heterocycles. The van der Waals surface area contributed by atoms with Crippen molar-refractivity contribution >= 4 is 0 Å². The molecule has 0 bridgehead atoms. The van der Waals surface area contributed by atoms with Gasteiger partial charge in [0.25, 0.3) is 0 Å². The minimum absolute atomic E-state index is 0.852. The Morgan fingerprint density at radius 2 is 2.06 bits per heavy atom. The molecule has 1 atom stereocenters. The van der Waals surface area contributed by atoms with Crippen molar-refractivity contribution < 1.29 is 0 Å². The molecule has 16 heavy (non-hydrogen) atoms. The van der Waals surface area contributed by atoms with E-state index >= 15 is 0 Å². The van der Waals surface area contributed by atoms with Gasteiger partial charge in [0.05, 0.1) is 0 Å². The van der Waals surface area contributed by atoms with Crippen LogP contribution in [0.3, 0.4) is 0 Å². The van der Waals surface area contributed by atoms with Gasteiger partial charge in [0.1, 0.15) is 0 Å². The smallest absolute Gasteiger partial charge is 0.00683 e. The number of nitrogens with zero attached hydrogens (tertiary/aromatic N) is 1. The van der Waals surface area contributed by atoms with E-state index < -0.39 is 0 Å². The molecular weight excluding hydrogens is 196 g/mol. The van der Waals surface area contributed by atoms with Crippen molar-refractivity contribution in [1.29, 1.82) is 0 Å². The normalized spacial score (nSPS) is 27.6. The van der Waals surface area contributed by atoms with Gasteiger partial charge in [-0.1, -0.05) is 13.8 Å². The molecule has 0 aromatic carbocycles. The predicted molar refractivity (Wildman–Crippen MR) is 69.6 cm³/mol. The van der Waals surface area contributed by atoms with Crippen LogP contribution in [0.4, 0.5) is 0 Å². The quantitative estimate of drug-likeness (QED) is 0.746. The van der Waals surface area contributed by atoms with Gasteiger partial charge in [0.15, 0.2) is 0 Å². The van der Waals surface area contributed by atoms with E-state index in [-0.39, 0.29) is 0 Å². The van der Waals surface area contributed by atoms with E-state index in [0.717, 1.165) is 17.9 Å². The first-order chi connectivity index (χ1) is 7.74. The molecule has 1 unspecified atom stereocenters. The highest BCUT2D eigenvalue weighted by molar-refractivity contribution is 4.83. The first kappa shape index (κ1) is 12.4. The fraction of sp³-hybridized carbons (Fsp3) is 1.00. The summed E-state index contributed by atoms with van der Waals surface area (Å²) in [6.07, 6.45) is 7.06. The molecular formula is C14H28N2. The highest BCUT2D eigenvalue weighted by atomic mass is 15.1. The highest BCUT2D eigenvalue weighted by Crippen LogP contribution is 2.21. The minimum atomic E-state index is 0.852. The van der Waals surface area contributed by atoms with Gasteiger partial charge in [-0.3, -0.25) is 0 Å². The molecule has 94 valence electrons. The van der Waals surface area contributed by atoms with Crippen molar-refractivity contribution in [3.05, 3.63) is 0 Å². The Labute approximate surface area is 101 Å². The van der Waals surface area contributed by atoms with Crippen LogP contribution < -0.4 is 5.32 Å². The van der Waals surface area contributed by atoms with Crippen molar-refractivity contribution in [1.82, 2.24) is 10.2 Å². The summed E-state index contributed by atoms with van der Waals surface area (Å²) in [6.45, 7) is 9.92. The molecule has 0 amide bonds. The third-order valence-electron chi connectivity index (χ3n) is 3.90. The number of nitrogens with one attached hydrogen (secondary N) is 1. The number of rotatable bonds is 6. The molecule has 2 heteroatoms. The molecule has 0 radical (unpaired) electrons. The van der Waals surface area contributed by atoms with Crippen molar-refractivity contribution in [2.45, 2.75) is 52.0 Å². The maximum atomic E-state index is 3.69. The van der Waals surface area contributed by atoms with E-state index in [1.807, 2.05) is 0 Å². The van der Waals surface area contributed by atoms with E-state index in [4.69, 9.17) is 0 Å². The number of likely N-dealkylation sites (tertiary alicyclic amines) is 1. The maximum Gasteiger partial charge on any atom is 0.00683 e. The number of hydrogen-bond donors (Lipinski definition) is 1. The Kier molecular flexibility index (Phi) is 4.66. The Hall–Kier alpha value is -0.0800. The van der Waals surface area contributed by atoms with Crippen molar-refractivity contribution in [3.63, 3.8) is 0 Å². The van der Waals surface area contributed by atoms with Gasteiger partial charge < -0.3 is 10.2 Å². The van der Waals surface area contributed by atoms with Crippen LogP contribution >= 0.6 is 0 Å². The molecule has 1 saturated heterocycles. The van der Waals surface area contributed by atoms with E-state index in [1.165, 1.54) is 58.3 Å². The monoisotopic (exact) mass is 224 g/mol. The van der Waals surface area contributed by atoms with Gasteiger partial charge in [-0.05, 0) is 63.6 Å². The highest BCUT2D eigenvalue weighted by Gasteiger charge is 2.24. The number of piperidine rings is 1. The lowest BCUT2D eigenvalue weighted by Gasteiger charge is -2.33. The fourth-order valence-corrected chi connectivity index (χ4v) is 2.58. The molecule has 1 saturated carbocycles. The lowest BCUT2D eigenvalue weighted by Crippen LogP contribution is -2.40.